The second kappa shape index (κ2) is 8.94. The van der Waals surface area contributed by atoms with E-state index in [1.165, 1.54) is 21.2 Å². The number of aryl methyl sites for hydroxylation is 2. The molecule has 0 saturated carbocycles. The number of piperazine rings is 1. The lowest BCUT2D eigenvalue weighted by molar-refractivity contribution is -0.133. The van der Waals surface area contributed by atoms with Gasteiger partial charge in [-0.25, -0.2) is 18.1 Å². The Hall–Kier alpha value is -3.08. The third-order valence-electron chi connectivity index (χ3n) is 6.10. The molecule has 8 nitrogen and oxygen atoms in total. The first kappa shape index (κ1) is 22.7. The minimum absolute atomic E-state index is 0.0618. The van der Waals surface area contributed by atoms with Gasteiger partial charge in [0.05, 0.1) is 5.69 Å². The summed E-state index contributed by atoms with van der Waals surface area (Å²) in [5.41, 5.74) is 4.78. The molecule has 0 aliphatic carbocycles. The third-order valence-corrected chi connectivity index (χ3v) is 9.37. The van der Waals surface area contributed by atoms with E-state index in [4.69, 9.17) is 0 Å². The first-order valence-electron chi connectivity index (χ1n) is 11.1. The lowest BCUT2D eigenvalue weighted by Crippen LogP contribution is -2.51. The van der Waals surface area contributed by atoms with Crippen molar-refractivity contribution in [3.8, 4) is 11.1 Å². The molecule has 3 aromatic heterocycles. The summed E-state index contributed by atoms with van der Waals surface area (Å²) in [6, 6.07) is 13.6. The second-order valence-electron chi connectivity index (χ2n) is 8.39. The highest BCUT2D eigenvalue weighted by Gasteiger charge is 2.31. The summed E-state index contributed by atoms with van der Waals surface area (Å²) in [7, 11) is -3.50. The fourth-order valence-corrected chi connectivity index (χ4v) is 6.96. The summed E-state index contributed by atoms with van der Waals surface area (Å²) in [6.07, 6.45) is 1.75. The molecular formula is C24H25N5O3S2. The van der Waals surface area contributed by atoms with E-state index in [1.807, 2.05) is 19.1 Å². The molecule has 1 aliphatic rings. The molecule has 1 amide bonds. The molecule has 0 unspecified atom stereocenters. The highest BCUT2D eigenvalue weighted by atomic mass is 32.2. The van der Waals surface area contributed by atoms with Crippen molar-refractivity contribution in [3.63, 3.8) is 0 Å². The van der Waals surface area contributed by atoms with E-state index in [0.717, 1.165) is 22.2 Å². The Kier molecular flexibility index (Phi) is 5.97. The molecule has 0 spiro atoms. The Labute approximate surface area is 202 Å². The van der Waals surface area contributed by atoms with Crippen molar-refractivity contribution in [3.05, 3.63) is 65.3 Å². The third kappa shape index (κ3) is 4.13. The van der Waals surface area contributed by atoms with Crippen molar-refractivity contribution in [2.75, 3.05) is 26.2 Å². The predicted octanol–water partition coefficient (Wildman–Crippen LogP) is 3.31. The maximum atomic E-state index is 13.1. The monoisotopic (exact) mass is 495 g/mol. The Morgan fingerprint density at radius 1 is 1.06 bits per heavy atom. The number of hydrogen-bond acceptors (Lipinski definition) is 6. The van der Waals surface area contributed by atoms with Gasteiger partial charge in [-0.2, -0.15) is 9.40 Å². The largest absolute Gasteiger partial charge is 0.338 e. The standard InChI is InChI=1S/C24H25N5O3S2/c1-17-5-3-6-19(15-17)20-8-9-25-24-23(20)18(2)26-29(24)16-21(30)27-10-12-28(13-11-27)34(31,32)22-7-4-14-33-22/h3-9,14-15H,10-13,16H2,1-2H3. The van der Waals surface area contributed by atoms with Gasteiger partial charge >= 0.3 is 0 Å². The molecule has 1 saturated heterocycles. The first-order chi connectivity index (χ1) is 16.3. The molecule has 5 rings (SSSR count). The summed E-state index contributed by atoms with van der Waals surface area (Å²) in [6.45, 7) is 5.31. The van der Waals surface area contributed by atoms with E-state index in [9.17, 15) is 13.2 Å². The molecule has 0 radical (unpaired) electrons. The van der Waals surface area contributed by atoms with Crippen LogP contribution in [0.25, 0.3) is 22.2 Å². The molecule has 34 heavy (non-hydrogen) atoms. The summed E-state index contributed by atoms with van der Waals surface area (Å²) in [5, 5.41) is 7.31. The summed E-state index contributed by atoms with van der Waals surface area (Å²) >= 11 is 1.21. The van der Waals surface area contributed by atoms with Gasteiger partial charge < -0.3 is 4.90 Å². The number of sulfonamides is 1. The lowest BCUT2D eigenvalue weighted by atomic mass is 10.0. The van der Waals surface area contributed by atoms with Crippen LogP contribution in [-0.4, -0.2) is 64.5 Å². The van der Waals surface area contributed by atoms with Crippen molar-refractivity contribution >= 4 is 38.3 Å². The van der Waals surface area contributed by atoms with Crippen molar-refractivity contribution in [2.45, 2.75) is 24.6 Å². The molecule has 176 valence electrons. The maximum absolute atomic E-state index is 13.1. The van der Waals surface area contributed by atoms with Gasteiger partial charge in [0, 0.05) is 37.8 Å². The van der Waals surface area contributed by atoms with Crippen LogP contribution in [0, 0.1) is 13.8 Å². The lowest BCUT2D eigenvalue weighted by Gasteiger charge is -2.33. The van der Waals surface area contributed by atoms with Crippen LogP contribution < -0.4 is 0 Å². The number of amides is 1. The van der Waals surface area contributed by atoms with E-state index >= 15 is 0 Å². The van der Waals surface area contributed by atoms with Crippen molar-refractivity contribution in [1.82, 2.24) is 24.0 Å². The predicted molar refractivity (Wildman–Crippen MR) is 132 cm³/mol. The molecule has 4 heterocycles. The number of hydrogen-bond donors (Lipinski definition) is 0. The number of pyridine rings is 1. The van der Waals surface area contributed by atoms with Crippen molar-refractivity contribution < 1.29 is 13.2 Å². The SMILES string of the molecule is Cc1cccc(-c2ccnc3c2c(C)nn3CC(=O)N2CCN(S(=O)(=O)c3cccs3)CC2)c1. The highest BCUT2D eigenvalue weighted by molar-refractivity contribution is 7.91. The number of thiophene rings is 1. The summed E-state index contributed by atoms with van der Waals surface area (Å²) < 4.78 is 28.9. The first-order valence-corrected chi connectivity index (χ1v) is 13.4. The fraction of sp³-hybridized carbons (Fsp3) is 0.292. The normalized spacial score (nSPS) is 15.2. The molecule has 4 aromatic rings. The van der Waals surface area contributed by atoms with Crippen LogP contribution in [0.2, 0.25) is 0 Å². The quantitative estimate of drug-likeness (QED) is 0.424. The molecule has 1 aromatic carbocycles. The number of carbonyl (C=O) groups is 1. The molecule has 0 atom stereocenters. The minimum Gasteiger partial charge on any atom is -0.338 e. The smallest absolute Gasteiger partial charge is 0.252 e. The maximum Gasteiger partial charge on any atom is 0.252 e. The number of rotatable bonds is 5. The van der Waals surface area contributed by atoms with Crippen LogP contribution in [0.5, 0.6) is 0 Å². The van der Waals surface area contributed by atoms with Gasteiger partial charge in [0.2, 0.25) is 5.91 Å². The van der Waals surface area contributed by atoms with Crippen molar-refractivity contribution in [2.24, 2.45) is 0 Å². The Morgan fingerprint density at radius 2 is 1.85 bits per heavy atom. The van der Waals surface area contributed by atoms with Gasteiger partial charge in [0.25, 0.3) is 10.0 Å². The van der Waals surface area contributed by atoms with Gasteiger partial charge in [0.15, 0.2) is 5.65 Å². The second-order valence-corrected chi connectivity index (χ2v) is 11.5. The van der Waals surface area contributed by atoms with E-state index in [0.29, 0.717) is 22.9 Å². The van der Waals surface area contributed by atoms with Crippen LogP contribution in [0.3, 0.4) is 0 Å². The van der Waals surface area contributed by atoms with E-state index < -0.39 is 10.0 Å². The molecule has 1 fully saturated rings. The number of fused-ring (bicyclic) bond motifs is 1. The van der Waals surface area contributed by atoms with Gasteiger partial charge in [-0.1, -0.05) is 35.9 Å². The van der Waals surface area contributed by atoms with Gasteiger partial charge in [-0.3, -0.25) is 4.79 Å². The van der Waals surface area contributed by atoms with E-state index in [2.05, 4.69) is 35.2 Å². The van der Waals surface area contributed by atoms with Gasteiger partial charge in [-0.15, -0.1) is 11.3 Å². The zero-order valence-corrected chi connectivity index (χ0v) is 20.6. The number of aromatic nitrogens is 3. The summed E-state index contributed by atoms with van der Waals surface area (Å²) in [4.78, 5) is 19.3. The van der Waals surface area contributed by atoms with Crippen LogP contribution >= 0.6 is 11.3 Å². The van der Waals surface area contributed by atoms with Crippen LogP contribution in [0.4, 0.5) is 0 Å². The zero-order chi connectivity index (χ0) is 23.9. The average molecular weight is 496 g/mol. The summed E-state index contributed by atoms with van der Waals surface area (Å²) in [5.74, 6) is -0.0969. The molecule has 10 heteroatoms. The van der Waals surface area contributed by atoms with Gasteiger partial charge in [-0.05, 0) is 42.5 Å². The number of nitrogens with zero attached hydrogens (tertiary/aromatic N) is 5. The molecule has 0 bridgehead atoms. The Balaban J connectivity index is 1.33. The topological polar surface area (TPSA) is 88.4 Å². The Bertz CT molecular complexity index is 1450. The van der Waals surface area contributed by atoms with E-state index in [-0.39, 0.29) is 25.5 Å². The fourth-order valence-electron chi connectivity index (χ4n) is 4.39. The number of carbonyl (C=O) groups excluding carboxylic acids is 1. The molecule has 0 N–H and O–H groups in total. The van der Waals surface area contributed by atoms with E-state index in [1.54, 1.807) is 33.3 Å². The Morgan fingerprint density at radius 3 is 2.56 bits per heavy atom. The van der Waals surface area contributed by atoms with Crippen LogP contribution in [0.15, 0.2) is 58.3 Å². The van der Waals surface area contributed by atoms with Crippen LogP contribution in [-0.2, 0) is 21.4 Å². The molecule has 1 aliphatic heterocycles. The van der Waals surface area contributed by atoms with Crippen LogP contribution in [0.1, 0.15) is 11.3 Å². The molecular weight excluding hydrogens is 470 g/mol. The highest BCUT2D eigenvalue weighted by Crippen LogP contribution is 2.30. The van der Waals surface area contributed by atoms with Crippen molar-refractivity contribution in [1.29, 1.82) is 0 Å². The number of benzene rings is 1. The minimum atomic E-state index is -3.50. The zero-order valence-electron chi connectivity index (χ0n) is 19.0. The van der Waals surface area contributed by atoms with Gasteiger partial charge in [0.1, 0.15) is 10.8 Å². The average Bonchev–Trinajstić information content (AvgIpc) is 3.49.